The maximum Gasteiger partial charge on any atom is 0.221 e. The summed E-state index contributed by atoms with van der Waals surface area (Å²) in [5.74, 6) is 2.12. The molecule has 1 aromatic heterocycles. The summed E-state index contributed by atoms with van der Waals surface area (Å²) in [5, 5.41) is 3.46. The Hall–Kier alpha value is -1.32. The summed E-state index contributed by atoms with van der Waals surface area (Å²) in [5.41, 5.74) is 0.980. The molecule has 0 spiro atoms. The van der Waals surface area contributed by atoms with Crippen molar-refractivity contribution < 1.29 is 4.74 Å². The van der Waals surface area contributed by atoms with Crippen LogP contribution < -0.4 is 10.1 Å². The summed E-state index contributed by atoms with van der Waals surface area (Å²) in [6.07, 6.45) is 2.62. The number of rotatable bonds is 6. The molecule has 0 aliphatic heterocycles. The number of nitrogens with one attached hydrogen (secondary N) is 1. The zero-order valence-electron chi connectivity index (χ0n) is 11.4. The monoisotopic (exact) mass is 237 g/mol. The Kier molecular flexibility index (Phi) is 5.19. The van der Waals surface area contributed by atoms with Crippen molar-refractivity contribution in [1.82, 2.24) is 9.97 Å². The third-order valence-electron chi connectivity index (χ3n) is 2.89. The summed E-state index contributed by atoms with van der Waals surface area (Å²) in [4.78, 5) is 8.42. The molecule has 1 N–H and O–H groups in total. The van der Waals surface area contributed by atoms with Crippen molar-refractivity contribution in [2.24, 2.45) is 5.92 Å². The number of anilines is 1. The average molecular weight is 237 g/mol. The van der Waals surface area contributed by atoms with E-state index < -0.39 is 0 Å². The Morgan fingerprint density at radius 3 is 2.53 bits per heavy atom. The first-order valence-electron chi connectivity index (χ1n) is 6.31. The van der Waals surface area contributed by atoms with Gasteiger partial charge in [-0.05, 0) is 26.2 Å². The maximum absolute atomic E-state index is 5.46. The lowest BCUT2D eigenvalue weighted by atomic mass is 10.0. The third-order valence-corrected chi connectivity index (χ3v) is 2.89. The molecule has 1 atom stereocenters. The van der Waals surface area contributed by atoms with Crippen molar-refractivity contribution in [3.05, 3.63) is 11.9 Å². The van der Waals surface area contributed by atoms with Crippen molar-refractivity contribution in [2.75, 3.05) is 11.9 Å². The van der Waals surface area contributed by atoms with E-state index in [0.717, 1.165) is 17.8 Å². The molecule has 0 saturated heterocycles. The van der Waals surface area contributed by atoms with E-state index in [1.807, 2.05) is 13.8 Å². The van der Waals surface area contributed by atoms with Crippen molar-refractivity contribution in [1.29, 1.82) is 0 Å². The Bertz CT molecular complexity index is 353. The zero-order valence-corrected chi connectivity index (χ0v) is 11.4. The fraction of sp³-hybridized carbons (Fsp3) is 0.692. The summed E-state index contributed by atoms with van der Waals surface area (Å²) in [6.45, 7) is 11.2. The number of ether oxygens (including phenoxy) is 1. The smallest absolute Gasteiger partial charge is 0.221 e. The van der Waals surface area contributed by atoms with Crippen molar-refractivity contribution in [3.63, 3.8) is 0 Å². The van der Waals surface area contributed by atoms with E-state index in [-0.39, 0.29) is 0 Å². The van der Waals surface area contributed by atoms with Gasteiger partial charge in [-0.15, -0.1) is 0 Å². The summed E-state index contributed by atoms with van der Waals surface area (Å²) < 4.78 is 5.46. The summed E-state index contributed by atoms with van der Waals surface area (Å²) in [7, 11) is 0. The van der Waals surface area contributed by atoms with Crippen LogP contribution in [0.4, 0.5) is 5.82 Å². The van der Waals surface area contributed by atoms with Crippen LogP contribution in [0.15, 0.2) is 6.33 Å². The van der Waals surface area contributed by atoms with Crippen LogP contribution in [0.3, 0.4) is 0 Å². The van der Waals surface area contributed by atoms with Crippen LogP contribution >= 0.6 is 0 Å². The lowest BCUT2D eigenvalue weighted by Gasteiger charge is -2.22. The highest BCUT2D eigenvalue weighted by molar-refractivity contribution is 5.48. The van der Waals surface area contributed by atoms with E-state index in [0.29, 0.717) is 24.4 Å². The van der Waals surface area contributed by atoms with Crippen LogP contribution in [-0.2, 0) is 0 Å². The molecule has 0 aliphatic carbocycles. The van der Waals surface area contributed by atoms with Gasteiger partial charge in [-0.1, -0.05) is 20.8 Å². The SMILES string of the molecule is CCOc1ncnc(NC(CC)C(C)C)c1C. The number of hydrogen-bond donors (Lipinski definition) is 1. The lowest BCUT2D eigenvalue weighted by molar-refractivity contribution is 0.323. The minimum Gasteiger partial charge on any atom is -0.478 e. The van der Waals surface area contributed by atoms with Crippen LogP contribution in [0.1, 0.15) is 39.7 Å². The highest BCUT2D eigenvalue weighted by atomic mass is 16.5. The molecule has 1 rings (SSSR count). The van der Waals surface area contributed by atoms with Crippen LogP contribution in [0, 0.1) is 12.8 Å². The largest absolute Gasteiger partial charge is 0.478 e. The molecular formula is C13H23N3O. The third kappa shape index (κ3) is 3.58. The van der Waals surface area contributed by atoms with Gasteiger partial charge in [0.1, 0.15) is 12.1 Å². The van der Waals surface area contributed by atoms with Crippen molar-refractivity contribution >= 4 is 5.82 Å². The van der Waals surface area contributed by atoms with E-state index >= 15 is 0 Å². The molecule has 0 fully saturated rings. The Labute approximate surface area is 104 Å². The van der Waals surface area contributed by atoms with E-state index in [9.17, 15) is 0 Å². The number of hydrogen-bond acceptors (Lipinski definition) is 4. The van der Waals surface area contributed by atoms with Gasteiger partial charge < -0.3 is 10.1 Å². The predicted molar refractivity (Wildman–Crippen MR) is 70.5 cm³/mol. The van der Waals surface area contributed by atoms with Gasteiger partial charge in [-0.25, -0.2) is 9.97 Å². The molecule has 0 bridgehead atoms. The van der Waals surface area contributed by atoms with Gasteiger partial charge in [0.05, 0.1) is 12.2 Å². The minimum atomic E-state index is 0.429. The van der Waals surface area contributed by atoms with E-state index in [1.54, 1.807) is 6.33 Å². The number of nitrogens with zero attached hydrogens (tertiary/aromatic N) is 2. The standard InChI is InChI=1S/C13H23N3O/c1-6-11(9(3)4)16-12-10(5)13(17-7-2)15-8-14-12/h8-9,11H,6-7H2,1-5H3,(H,14,15,16). The highest BCUT2D eigenvalue weighted by Crippen LogP contribution is 2.22. The second-order valence-corrected chi connectivity index (χ2v) is 4.49. The van der Waals surface area contributed by atoms with Crippen LogP contribution in [0.2, 0.25) is 0 Å². The summed E-state index contributed by atoms with van der Waals surface area (Å²) in [6, 6.07) is 0.429. The second-order valence-electron chi connectivity index (χ2n) is 4.49. The van der Waals surface area contributed by atoms with Crippen molar-refractivity contribution in [3.8, 4) is 5.88 Å². The average Bonchev–Trinajstić information content (AvgIpc) is 2.30. The molecule has 0 amide bonds. The minimum absolute atomic E-state index is 0.429. The zero-order chi connectivity index (χ0) is 12.8. The fourth-order valence-electron chi connectivity index (χ4n) is 1.78. The van der Waals surface area contributed by atoms with Crippen LogP contribution in [0.5, 0.6) is 5.88 Å². The van der Waals surface area contributed by atoms with Gasteiger partial charge in [-0.2, -0.15) is 0 Å². The van der Waals surface area contributed by atoms with Gasteiger partial charge in [0, 0.05) is 6.04 Å². The first kappa shape index (κ1) is 13.7. The number of aromatic nitrogens is 2. The molecule has 1 aromatic rings. The Morgan fingerprint density at radius 2 is 2.00 bits per heavy atom. The molecular weight excluding hydrogens is 214 g/mol. The van der Waals surface area contributed by atoms with E-state index in [1.165, 1.54) is 0 Å². The van der Waals surface area contributed by atoms with Crippen molar-refractivity contribution in [2.45, 2.75) is 47.1 Å². The first-order chi connectivity index (χ1) is 8.10. The van der Waals surface area contributed by atoms with E-state index in [2.05, 4.69) is 36.1 Å². The molecule has 4 heteroatoms. The lowest BCUT2D eigenvalue weighted by Crippen LogP contribution is -2.25. The molecule has 0 aliphatic rings. The van der Waals surface area contributed by atoms with E-state index in [4.69, 9.17) is 4.74 Å². The first-order valence-corrected chi connectivity index (χ1v) is 6.31. The van der Waals surface area contributed by atoms with Gasteiger partial charge >= 0.3 is 0 Å². The van der Waals surface area contributed by atoms with Gasteiger partial charge in [0.2, 0.25) is 5.88 Å². The summed E-state index contributed by atoms with van der Waals surface area (Å²) >= 11 is 0. The highest BCUT2D eigenvalue weighted by Gasteiger charge is 2.14. The molecule has 0 radical (unpaired) electrons. The molecule has 96 valence electrons. The van der Waals surface area contributed by atoms with Gasteiger partial charge in [0.15, 0.2) is 0 Å². The Balaban J connectivity index is 2.87. The van der Waals surface area contributed by atoms with Gasteiger partial charge in [0.25, 0.3) is 0 Å². The van der Waals surface area contributed by atoms with Crippen LogP contribution in [0.25, 0.3) is 0 Å². The molecule has 0 aromatic carbocycles. The fourth-order valence-corrected chi connectivity index (χ4v) is 1.78. The molecule has 0 saturated carbocycles. The molecule has 1 heterocycles. The predicted octanol–water partition coefficient (Wildman–Crippen LogP) is 3.03. The van der Waals surface area contributed by atoms with Crippen LogP contribution in [-0.4, -0.2) is 22.6 Å². The molecule has 1 unspecified atom stereocenters. The maximum atomic E-state index is 5.46. The molecule has 4 nitrogen and oxygen atoms in total. The normalized spacial score (nSPS) is 12.6. The quantitative estimate of drug-likeness (QED) is 0.826. The molecule has 17 heavy (non-hydrogen) atoms. The second kappa shape index (κ2) is 6.42. The Morgan fingerprint density at radius 1 is 1.29 bits per heavy atom. The van der Waals surface area contributed by atoms with Gasteiger partial charge in [-0.3, -0.25) is 0 Å². The topological polar surface area (TPSA) is 47.0 Å².